The Labute approximate surface area is 148 Å². The van der Waals surface area contributed by atoms with Gasteiger partial charge in [-0.1, -0.05) is 0 Å². The quantitative estimate of drug-likeness (QED) is 0.697. The number of nitrogens with one attached hydrogen (secondary N) is 2. The van der Waals surface area contributed by atoms with Crippen LogP contribution in [0.15, 0.2) is 23.1 Å². The van der Waals surface area contributed by atoms with Gasteiger partial charge in [0.15, 0.2) is 0 Å². The molecule has 0 aromatic heterocycles. The number of nitrogens with zero attached hydrogens (tertiary/aromatic N) is 1. The highest BCUT2D eigenvalue weighted by atomic mass is 32.2. The van der Waals surface area contributed by atoms with Crippen LogP contribution in [0.2, 0.25) is 0 Å². The standard InChI is InChI=1S/C16H25N3O5S/c1-3-24-14-5-4-13(18-16(20)6-7-17-2)12-15(14)25(21,22)19-8-10-23-11-9-19/h4-5,12,17H,3,6-11H2,1-2H3,(H,18,20). The Morgan fingerprint density at radius 2 is 2.04 bits per heavy atom. The first-order valence-electron chi connectivity index (χ1n) is 8.28. The monoisotopic (exact) mass is 371 g/mol. The molecule has 0 atom stereocenters. The van der Waals surface area contributed by atoms with Crippen molar-refractivity contribution < 1.29 is 22.7 Å². The average molecular weight is 371 g/mol. The minimum Gasteiger partial charge on any atom is -0.492 e. The van der Waals surface area contributed by atoms with Gasteiger partial charge in [0.05, 0.1) is 19.8 Å². The second-order valence-corrected chi connectivity index (χ2v) is 7.42. The molecule has 1 aliphatic heterocycles. The number of carbonyl (C=O) groups excluding carboxylic acids is 1. The molecular weight excluding hydrogens is 346 g/mol. The lowest BCUT2D eigenvalue weighted by atomic mass is 10.3. The smallest absolute Gasteiger partial charge is 0.246 e. The SMILES string of the molecule is CCOc1ccc(NC(=O)CCNC)cc1S(=O)(=O)N1CCOCC1. The normalized spacial score (nSPS) is 15.8. The molecule has 0 spiro atoms. The first-order valence-corrected chi connectivity index (χ1v) is 9.72. The summed E-state index contributed by atoms with van der Waals surface area (Å²) in [6.45, 7) is 4.01. The summed E-state index contributed by atoms with van der Waals surface area (Å²) < 4.78 is 38.0. The van der Waals surface area contributed by atoms with Crippen molar-refractivity contribution in [2.75, 3.05) is 51.8 Å². The van der Waals surface area contributed by atoms with Crippen LogP contribution in [0.25, 0.3) is 0 Å². The molecule has 0 radical (unpaired) electrons. The maximum atomic E-state index is 13.0. The third kappa shape index (κ3) is 5.15. The van der Waals surface area contributed by atoms with Gasteiger partial charge in [-0.2, -0.15) is 4.31 Å². The van der Waals surface area contributed by atoms with E-state index in [0.717, 1.165) is 0 Å². The number of rotatable bonds is 8. The van der Waals surface area contributed by atoms with Gasteiger partial charge >= 0.3 is 0 Å². The summed E-state index contributed by atoms with van der Waals surface area (Å²) in [6, 6.07) is 4.66. The molecule has 1 saturated heterocycles. The molecule has 1 amide bonds. The van der Waals surface area contributed by atoms with Gasteiger partial charge in [-0.25, -0.2) is 8.42 Å². The van der Waals surface area contributed by atoms with Crippen LogP contribution in [-0.4, -0.2) is 65.1 Å². The number of hydrogen-bond acceptors (Lipinski definition) is 6. The fraction of sp³-hybridized carbons (Fsp3) is 0.562. The Bertz CT molecular complexity index is 687. The number of sulfonamides is 1. The summed E-state index contributed by atoms with van der Waals surface area (Å²) in [7, 11) is -1.96. The maximum Gasteiger partial charge on any atom is 0.246 e. The topological polar surface area (TPSA) is 97.0 Å². The van der Waals surface area contributed by atoms with Gasteiger partial charge in [0.1, 0.15) is 10.6 Å². The van der Waals surface area contributed by atoms with Gasteiger partial charge in [-0.3, -0.25) is 4.79 Å². The van der Waals surface area contributed by atoms with E-state index in [4.69, 9.17) is 9.47 Å². The molecule has 9 heteroatoms. The van der Waals surface area contributed by atoms with E-state index < -0.39 is 10.0 Å². The van der Waals surface area contributed by atoms with E-state index in [9.17, 15) is 13.2 Å². The van der Waals surface area contributed by atoms with E-state index in [0.29, 0.717) is 51.6 Å². The third-order valence-electron chi connectivity index (χ3n) is 3.72. The number of amides is 1. The van der Waals surface area contributed by atoms with Crippen molar-refractivity contribution >= 4 is 21.6 Å². The summed E-state index contributed by atoms with van der Waals surface area (Å²) in [5.74, 6) is 0.0930. The molecule has 0 saturated carbocycles. The van der Waals surface area contributed by atoms with Gasteiger partial charge in [0.25, 0.3) is 0 Å². The van der Waals surface area contributed by atoms with E-state index >= 15 is 0 Å². The van der Waals surface area contributed by atoms with Gasteiger partial charge in [-0.15, -0.1) is 0 Å². The zero-order chi connectivity index (χ0) is 18.3. The zero-order valence-electron chi connectivity index (χ0n) is 14.6. The number of carbonyl (C=O) groups is 1. The largest absolute Gasteiger partial charge is 0.492 e. The van der Waals surface area contributed by atoms with Crippen LogP contribution in [0.5, 0.6) is 5.75 Å². The summed E-state index contributed by atoms with van der Waals surface area (Å²) in [6.07, 6.45) is 0.301. The molecule has 1 aliphatic rings. The second kappa shape index (κ2) is 9.14. The Morgan fingerprint density at radius 3 is 2.68 bits per heavy atom. The van der Waals surface area contributed by atoms with Gasteiger partial charge in [-0.05, 0) is 32.2 Å². The number of ether oxygens (including phenoxy) is 2. The van der Waals surface area contributed by atoms with Crippen LogP contribution in [0.1, 0.15) is 13.3 Å². The Balaban J connectivity index is 2.29. The molecule has 0 aliphatic carbocycles. The molecule has 1 heterocycles. The molecule has 140 valence electrons. The lowest BCUT2D eigenvalue weighted by molar-refractivity contribution is -0.116. The van der Waals surface area contributed by atoms with Crippen molar-refractivity contribution in [3.8, 4) is 5.75 Å². The molecular formula is C16H25N3O5S. The van der Waals surface area contributed by atoms with Crippen molar-refractivity contribution in [3.63, 3.8) is 0 Å². The highest BCUT2D eigenvalue weighted by Gasteiger charge is 2.29. The fourth-order valence-corrected chi connectivity index (χ4v) is 4.02. The van der Waals surface area contributed by atoms with E-state index in [1.54, 1.807) is 26.1 Å². The first-order chi connectivity index (χ1) is 12.0. The van der Waals surface area contributed by atoms with E-state index in [1.807, 2.05) is 0 Å². The van der Waals surface area contributed by atoms with Crippen molar-refractivity contribution in [1.82, 2.24) is 9.62 Å². The Hall–Kier alpha value is -1.68. The van der Waals surface area contributed by atoms with Gasteiger partial charge < -0.3 is 20.1 Å². The summed E-state index contributed by atoms with van der Waals surface area (Å²) in [5.41, 5.74) is 0.427. The number of hydrogen-bond donors (Lipinski definition) is 2. The molecule has 1 fully saturated rings. The van der Waals surface area contributed by atoms with E-state index in [-0.39, 0.29) is 16.6 Å². The summed E-state index contributed by atoms with van der Waals surface area (Å²) in [5, 5.41) is 5.61. The van der Waals surface area contributed by atoms with Crippen LogP contribution < -0.4 is 15.4 Å². The second-order valence-electron chi connectivity index (χ2n) is 5.51. The molecule has 2 rings (SSSR count). The van der Waals surface area contributed by atoms with E-state index in [2.05, 4.69) is 10.6 Å². The molecule has 25 heavy (non-hydrogen) atoms. The van der Waals surface area contributed by atoms with Crippen LogP contribution >= 0.6 is 0 Å². The summed E-state index contributed by atoms with van der Waals surface area (Å²) in [4.78, 5) is 11.9. The highest BCUT2D eigenvalue weighted by molar-refractivity contribution is 7.89. The van der Waals surface area contributed by atoms with Crippen molar-refractivity contribution in [2.45, 2.75) is 18.2 Å². The van der Waals surface area contributed by atoms with Crippen molar-refractivity contribution in [1.29, 1.82) is 0 Å². The molecule has 2 N–H and O–H groups in total. The lowest BCUT2D eigenvalue weighted by Gasteiger charge is -2.27. The van der Waals surface area contributed by atoms with E-state index in [1.165, 1.54) is 10.4 Å². The number of morpholine rings is 1. The Kier molecular flexibility index (Phi) is 7.18. The van der Waals surface area contributed by atoms with Gasteiger partial charge in [0, 0.05) is 31.7 Å². The minimum absolute atomic E-state index is 0.0580. The van der Waals surface area contributed by atoms with Crippen LogP contribution in [0.3, 0.4) is 0 Å². The first kappa shape index (κ1) is 19.6. The zero-order valence-corrected chi connectivity index (χ0v) is 15.4. The average Bonchev–Trinajstić information content (AvgIpc) is 2.62. The highest BCUT2D eigenvalue weighted by Crippen LogP contribution is 2.30. The number of benzene rings is 1. The molecule has 1 aromatic carbocycles. The Morgan fingerprint density at radius 1 is 1.32 bits per heavy atom. The summed E-state index contributed by atoms with van der Waals surface area (Å²) >= 11 is 0. The maximum absolute atomic E-state index is 13.0. The fourth-order valence-electron chi connectivity index (χ4n) is 2.45. The molecule has 1 aromatic rings. The predicted octanol–water partition coefficient (Wildman–Crippen LogP) is 0.654. The van der Waals surface area contributed by atoms with Gasteiger partial charge in [0.2, 0.25) is 15.9 Å². The van der Waals surface area contributed by atoms with Crippen LogP contribution in [-0.2, 0) is 19.6 Å². The molecule has 0 bridgehead atoms. The number of anilines is 1. The minimum atomic E-state index is -3.73. The van der Waals surface area contributed by atoms with Crippen LogP contribution in [0.4, 0.5) is 5.69 Å². The van der Waals surface area contributed by atoms with Crippen LogP contribution in [0, 0.1) is 0 Å². The van der Waals surface area contributed by atoms with Crippen molar-refractivity contribution in [3.05, 3.63) is 18.2 Å². The molecule has 8 nitrogen and oxygen atoms in total. The predicted molar refractivity (Wildman–Crippen MR) is 94.4 cm³/mol. The van der Waals surface area contributed by atoms with Crippen molar-refractivity contribution in [2.24, 2.45) is 0 Å². The molecule has 0 unspecified atom stereocenters. The third-order valence-corrected chi connectivity index (χ3v) is 5.64. The lowest BCUT2D eigenvalue weighted by Crippen LogP contribution is -2.40.